The molecule has 0 bridgehead atoms. The van der Waals surface area contributed by atoms with E-state index >= 15 is 0 Å². The lowest BCUT2D eigenvalue weighted by Gasteiger charge is -2.23. The number of rotatable bonds is 4. The Morgan fingerprint density at radius 1 is 0.850 bits per heavy atom. The second-order valence-corrected chi connectivity index (χ2v) is 4.75. The Hall–Kier alpha value is -2.39. The molecule has 0 spiro atoms. The first-order valence-electron chi connectivity index (χ1n) is 6.62. The van der Waals surface area contributed by atoms with Gasteiger partial charge in [-0.1, -0.05) is 60.7 Å². The van der Waals surface area contributed by atoms with Crippen molar-refractivity contribution in [3.05, 3.63) is 90.0 Å². The maximum Gasteiger partial charge on any atom is 0.106 e. The Morgan fingerprint density at radius 2 is 1.40 bits per heavy atom. The highest BCUT2D eigenvalue weighted by atomic mass is 16.3. The maximum atomic E-state index is 10.7. The molecule has 1 aromatic heterocycles. The summed E-state index contributed by atoms with van der Waals surface area (Å²) in [7, 11) is 0. The van der Waals surface area contributed by atoms with Crippen LogP contribution in [0, 0.1) is 0 Å². The molecule has 0 aliphatic carbocycles. The number of hydrogen-bond donors (Lipinski definition) is 2. The third-order valence-corrected chi connectivity index (χ3v) is 3.47. The van der Waals surface area contributed by atoms with Crippen LogP contribution in [0.5, 0.6) is 0 Å². The molecule has 1 atom stereocenters. The number of imidazole rings is 1. The van der Waals surface area contributed by atoms with Gasteiger partial charge in [0.1, 0.15) is 6.10 Å². The molecule has 0 fully saturated rings. The number of H-pyrrole nitrogens is 1. The fourth-order valence-electron chi connectivity index (χ4n) is 2.49. The van der Waals surface area contributed by atoms with Gasteiger partial charge in [-0.05, 0) is 11.1 Å². The Balaban J connectivity index is 2.05. The molecule has 3 nitrogen and oxygen atoms in total. The van der Waals surface area contributed by atoms with E-state index in [0.29, 0.717) is 0 Å². The molecular formula is C17H16N2O. The van der Waals surface area contributed by atoms with E-state index in [1.165, 1.54) is 0 Å². The average Bonchev–Trinajstić information content (AvgIpc) is 3.04. The molecule has 3 rings (SSSR count). The van der Waals surface area contributed by atoms with Crippen molar-refractivity contribution >= 4 is 0 Å². The number of aliphatic hydroxyl groups is 1. The third kappa shape index (κ3) is 2.49. The number of aromatic nitrogens is 2. The van der Waals surface area contributed by atoms with Gasteiger partial charge in [0.25, 0.3) is 0 Å². The largest absolute Gasteiger partial charge is 0.386 e. The average molecular weight is 264 g/mol. The molecule has 3 aromatic rings. The zero-order valence-electron chi connectivity index (χ0n) is 11.0. The van der Waals surface area contributed by atoms with Crippen molar-refractivity contribution in [2.45, 2.75) is 12.0 Å². The Bertz CT molecular complexity index is 596. The summed E-state index contributed by atoms with van der Waals surface area (Å²) in [6.07, 6.45) is 2.61. The van der Waals surface area contributed by atoms with Gasteiger partial charge in [-0.25, -0.2) is 4.98 Å². The minimum absolute atomic E-state index is 0.113. The van der Waals surface area contributed by atoms with Crippen LogP contribution >= 0.6 is 0 Å². The summed E-state index contributed by atoms with van der Waals surface area (Å²) < 4.78 is 0. The minimum atomic E-state index is -0.651. The van der Waals surface area contributed by atoms with Gasteiger partial charge in [0.15, 0.2) is 0 Å². The number of aliphatic hydroxyl groups excluding tert-OH is 1. The van der Waals surface area contributed by atoms with Crippen molar-refractivity contribution in [1.82, 2.24) is 9.97 Å². The fraction of sp³-hybridized carbons (Fsp3) is 0.118. The highest BCUT2D eigenvalue weighted by molar-refractivity contribution is 5.35. The van der Waals surface area contributed by atoms with Gasteiger partial charge in [-0.2, -0.15) is 0 Å². The lowest BCUT2D eigenvalue weighted by molar-refractivity contribution is 0.155. The fourth-order valence-corrected chi connectivity index (χ4v) is 2.49. The number of hydrogen-bond acceptors (Lipinski definition) is 2. The van der Waals surface area contributed by atoms with Crippen LogP contribution in [0.1, 0.15) is 28.8 Å². The van der Waals surface area contributed by atoms with E-state index in [1.807, 2.05) is 60.7 Å². The van der Waals surface area contributed by atoms with Gasteiger partial charge >= 0.3 is 0 Å². The van der Waals surface area contributed by atoms with E-state index in [1.54, 1.807) is 12.5 Å². The van der Waals surface area contributed by atoms with Crippen LogP contribution in [0.3, 0.4) is 0 Å². The van der Waals surface area contributed by atoms with Gasteiger partial charge in [-0.3, -0.25) is 0 Å². The van der Waals surface area contributed by atoms with Crippen LogP contribution in [0.4, 0.5) is 0 Å². The van der Waals surface area contributed by atoms with Gasteiger partial charge in [-0.15, -0.1) is 0 Å². The summed E-state index contributed by atoms with van der Waals surface area (Å²) >= 11 is 0. The van der Waals surface area contributed by atoms with Crippen LogP contribution in [0.25, 0.3) is 0 Å². The van der Waals surface area contributed by atoms with E-state index in [0.717, 1.165) is 16.8 Å². The molecule has 0 aliphatic rings. The summed E-state index contributed by atoms with van der Waals surface area (Å²) in [5, 5.41) is 10.7. The summed E-state index contributed by atoms with van der Waals surface area (Å²) in [5.74, 6) is -0.113. The molecule has 2 N–H and O–H groups in total. The molecule has 20 heavy (non-hydrogen) atoms. The van der Waals surface area contributed by atoms with Crippen LogP contribution in [-0.4, -0.2) is 15.1 Å². The first-order valence-corrected chi connectivity index (χ1v) is 6.62. The number of aromatic amines is 1. The van der Waals surface area contributed by atoms with Crippen LogP contribution in [0.2, 0.25) is 0 Å². The van der Waals surface area contributed by atoms with Crippen LogP contribution in [0.15, 0.2) is 73.2 Å². The lowest BCUT2D eigenvalue weighted by atomic mass is 9.85. The van der Waals surface area contributed by atoms with E-state index < -0.39 is 6.10 Å². The quantitative estimate of drug-likeness (QED) is 0.759. The van der Waals surface area contributed by atoms with Gasteiger partial charge < -0.3 is 10.1 Å². The van der Waals surface area contributed by atoms with Crippen molar-refractivity contribution in [1.29, 1.82) is 0 Å². The van der Waals surface area contributed by atoms with Gasteiger partial charge in [0.2, 0.25) is 0 Å². The Kier molecular flexibility index (Phi) is 3.61. The maximum absolute atomic E-state index is 10.7. The summed E-state index contributed by atoms with van der Waals surface area (Å²) in [6.45, 7) is 0. The van der Waals surface area contributed by atoms with Crippen molar-refractivity contribution < 1.29 is 5.11 Å². The first-order chi connectivity index (χ1) is 9.86. The SMILES string of the molecule is OC(c1cnc[nH]1)C(c1ccccc1)c1ccccc1. The van der Waals surface area contributed by atoms with E-state index in [4.69, 9.17) is 0 Å². The second kappa shape index (κ2) is 5.72. The predicted octanol–water partition coefficient (Wildman–Crippen LogP) is 3.28. The van der Waals surface area contributed by atoms with Gasteiger partial charge in [0.05, 0.1) is 18.2 Å². The molecule has 1 heterocycles. The van der Waals surface area contributed by atoms with E-state index in [-0.39, 0.29) is 5.92 Å². The van der Waals surface area contributed by atoms with Gasteiger partial charge in [0, 0.05) is 5.92 Å². The highest BCUT2D eigenvalue weighted by Crippen LogP contribution is 2.35. The Labute approximate surface area is 117 Å². The van der Waals surface area contributed by atoms with E-state index in [2.05, 4.69) is 9.97 Å². The monoisotopic (exact) mass is 264 g/mol. The van der Waals surface area contributed by atoms with Crippen molar-refractivity contribution in [2.75, 3.05) is 0 Å². The predicted molar refractivity (Wildman–Crippen MR) is 78.3 cm³/mol. The second-order valence-electron chi connectivity index (χ2n) is 4.75. The summed E-state index contributed by atoms with van der Waals surface area (Å²) in [4.78, 5) is 6.99. The molecule has 100 valence electrons. The molecule has 1 unspecified atom stereocenters. The molecular weight excluding hydrogens is 248 g/mol. The van der Waals surface area contributed by atoms with Crippen LogP contribution in [-0.2, 0) is 0 Å². The minimum Gasteiger partial charge on any atom is -0.386 e. The number of nitrogens with zero attached hydrogens (tertiary/aromatic N) is 1. The summed E-state index contributed by atoms with van der Waals surface area (Å²) in [6, 6.07) is 20.1. The zero-order chi connectivity index (χ0) is 13.8. The zero-order valence-corrected chi connectivity index (χ0v) is 11.0. The lowest BCUT2D eigenvalue weighted by Crippen LogP contribution is -2.12. The molecule has 0 saturated heterocycles. The summed E-state index contributed by atoms with van der Waals surface area (Å²) in [5.41, 5.74) is 2.89. The number of nitrogens with one attached hydrogen (secondary N) is 1. The van der Waals surface area contributed by atoms with Crippen molar-refractivity contribution in [2.24, 2.45) is 0 Å². The van der Waals surface area contributed by atoms with Crippen LogP contribution < -0.4 is 0 Å². The molecule has 3 heteroatoms. The molecule has 0 saturated carbocycles. The normalized spacial score (nSPS) is 12.5. The topological polar surface area (TPSA) is 48.9 Å². The molecule has 0 amide bonds. The number of benzene rings is 2. The van der Waals surface area contributed by atoms with E-state index in [9.17, 15) is 5.11 Å². The smallest absolute Gasteiger partial charge is 0.106 e. The first kappa shape index (κ1) is 12.6. The molecule has 2 aromatic carbocycles. The third-order valence-electron chi connectivity index (χ3n) is 3.47. The standard InChI is InChI=1S/C17H16N2O/c20-17(15-11-18-12-19-15)16(13-7-3-1-4-8-13)14-9-5-2-6-10-14/h1-12,16-17,20H,(H,18,19). The molecule has 0 aliphatic heterocycles. The van der Waals surface area contributed by atoms with Crippen molar-refractivity contribution in [3.63, 3.8) is 0 Å². The van der Waals surface area contributed by atoms with Crippen molar-refractivity contribution in [3.8, 4) is 0 Å². The Morgan fingerprint density at radius 3 is 1.85 bits per heavy atom. The highest BCUT2D eigenvalue weighted by Gasteiger charge is 2.25. The molecule has 0 radical (unpaired) electrons.